The van der Waals surface area contributed by atoms with E-state index in [0.717, 1.165) is 16.9 Å². The molecule has 0 bridgehead atoms. The lowest BCUT2D eigenvalue weighted by Gasteiger charge is -2.03. The van der Waals surface area contributed by atoms with Gasteiger partial charge in [0, 0.05) is 16.3 Å². The van der Waals surface area contributed by atoms with Crippen LogP contribution in [0.2, 0.25) is 5.02 Å². The average Bonchev–Trinajstić information content (AvgIpc) is 3.11. The van der Waals surface area contributed by atoms with E-state index >= 15 is 0 Å². The highest BCUT2D eigenvalue weighted by Gasteiger charge is 2.09. The molecule has 5 nitrogen and oxygen atoms in total. The van der Waals surface area contributed by atoms with Gasteiger partial charge in [0.25, 0.3) is 0 Å². The molecule has 128 valence electrons. The predicted octanol–water partition coefficient (Wildman–Crippen LogP) is 3.94. The first kappa shape index (κ1) is 17.5. The molecular formula is C18H16ClN3O2S. The maximum atomic E-state index is 11.9. The molecule has 2 aromatic carbocycles. The van der Waals surface area contributed by atoms with Gasteiger partial charge >= 0.3 is 0 Å². The number of aromatic nitrogens is 2. The normalized spacial score (nSPS) is 10.6. The van der Waals surface area contributed by atoms with Crippen LogP contribution in [0.15, 0.2) is 59.1 Å². The van der Waals surface area contributed by atoms with Gasteiger partial charge in [-0.05, 0) is 17.7 Å². The second kappa shape index (κ2) is 8.69. The number of hydrogen-bond donors (Lipinski definition) is 1. The molecule has 3 rings (SSSR count). The van der Waals surface area contributed by atoms with Crippen LogP contribution in [0.25, 0.3) is 11.4 Å². The average molecular weight is 374 g/mol. The summed E-state index contributed by atoms with van der Waals surface area (Å²) in [6.45, 7) is 0.222. The van der Waals surface area contributed by atoms with Crippen molar-refractivity contribution in [3.63, 3.8) is 0 Å². The summed E-state index contributed by atoms with van der Waals surface area (Å²) in [6, 6.07) is 17.1. The van der Waals surface area contributed by atoms with Crippen LogP contribution in [-0.4, -0.2) is 21.8 Å². The van der Waals surface area contributed by atoms with E-state index in [-0.39, 0.29) is 12.5 Å². The lowest BCUT2D eigenvalue weighted by atomic mass is 10.2. The second-order valence-corrected chi connectivity index (χ2v) is 6.70. The third kappa shape index (κ3) is 5.34. The van der Waals surface area contributed by atoms with Gasteiger partial charge in [-0.25, -0.2) is 0 Å². The molecule has 1 heterocycles. The van der Waals surface area contributed by atoms with Crippen LogP contribution in [0.4, 0.5) is 0 Å². The number of nitrogens with one attached hydrogen (secondary N) is 1. The monoisotopic (exact) mass is 373 g/mol. The van der Waals surface area contributed by atoms with Crippen LogP contribution < -0.4 is 5.32 Å². The van der Waals surface area contributed by atoms with Gasteiger partial charge in [0.15, 0.2) is 0 Å². The maximum absolute atomic E-state index is 11.9. The number of halogens is 1. The summed E-state index contributed by atoms with van der Waals surface area (Å²) in [7, 11) is 0. The molecule has 0 fully saturated rings. The lowest BCUT2D eigenvalue weighted by Crippen LogP contribution is -2.24. The molecule has 0 aliphatic carbocycles. The van der Waals surface area contributed by atoms with E-state index in [1.807, 2.05) is 54.6 Å². The molecule has 1 amide bonds. The van der Waals surface area contributed by atoms with E-state index in [4.69, 9.17) is 16.1 Å². The molecule has 7 heteroatoms. The minimum absolute atomic E-state index is 0.0709. The lowest BCUT2D eigenvalue weighted by molar-refractivity contribution is -0.118. The smallest absolute Gasteiger partial charge is 0.246 e. The first-order valence-electron chi connectivity index (χ1n) is 7.67. The van der Waals surface area contributed by atoms with Gasteiger partial charge in [0.05, 0.1) is 12.3 Å². The molecule has 0 saturated heterocycles. The van der Waals surface area contributed by atoms with Crippen molar-refractivity contribution < 1.29 is 9.32 Å². The Balaban J connectivity index is 1.42. The molecule has 0 radical (unpaired) electrons. The highest BCUT2D eigenvalue weighted by molar-refractivity contribution is 7.99. The molecule has 0 aliphatic heterocycles. The Hall–Kier alpha value is -2.31. The highest BCUT2D eigenvalue weighted by atomic mass is 35.5. The van der Waals surface area contributed by atoms with Crippen molar-refractivity contribution in [1.29, 1.82) is 0 Å². The minimum atomic E-state index is -0.0709. The van der Waals surface area contributed by atoms with Crippen LogP contribution in [0.5, 0.6) is 0 Å². The quantitative estimate of drug-likeness (QED) is 0.679. The Labute approximate surface area is 154 Å². The number of thioether (sulfide) groups is 1. The van der Waals surface area contributed by atoms with E-state index in [2.05, 4.69) is 15.5 Å². The number of benzene rings is 2. The fraction of sp³-hybridized carbons (Fsp3) is 0.167. The third-order valence-electron chi connectivity index (χ3n) is 3.35. The summed E-state index contributed by atoms with van der Waals surface area (Å²) in [5.41, 5.74) is 2.01. The van der Waals surface area contributed by atoms with Gasteiger partial charge in [-0.3, -0.25) is 4.79 Å². The molecule has 0 atom stereocenters. The topological polar surface area (TPSA) is 68.0 Å². The maximum Gasteiger partial charge on any atom is 0.246 e. The molecule has 25 heavy (non-hydrogen) atoms. The van der Waals surface area contributed by atoms with Gasteiger partial charge in [-0.1, -0.05) is 59.2 Å². The zero-order valence-corrected chi connectivity index (χ0v) is 14.9. The number of carbonyl (C=O) groups is 1. The molecular weight excluding hydrogens is 358 g/mol. The highest BCUT2D eigenvalue weighted by Crippen LogP contribution is 2.16. The fourth-order valence-electron chi connectivity index (χ4n) is 2.10. The number of rotatable bonds is 7. The predicted molar refractivity (Wildman–Crippen MR) is 99.2 cm³/mol. The fourth-order valence-corrected chi connectivity index (χ4v) is 3.04. The first-order valence-corrected chi connectivity index (χ1v) is 9.21. The van der Waals surface area contributed by atoms with Crippen molar-refractivity contribution >= 4 is 29.3 Å². The summed E-state index contributed by atoms with van der Waals surface area (Å²) in [6.07, 6.45) is 0. The molecule has 0 aliphatic rings. The molecule has 1 N–H and O–H groups in total. The van der Waals surface area contributed by atoms with E-state index in [1.54, 1.807) is 0 Å². The Morgan fingerprint density at radius 3 is 2.64 bits per heavy atom. The van der Waals surface area contributed by atoms with E-state index < -0.39 is 0 Å². The van der Waals surface area contributed by atoms with Gasteiger partial charge in [0.1, 0.15) is 0 Å². The van der Waals surface area contributed by atoms with Crippen LogP contribution in [0.1, 0.15) is 11.5 Å². The van der Waals surface area contributed by atoms with Gasteiger partial charge in [-0.2, -0.15) is 4.98 Å². The van der Waals surface area contributed by atoms with Gasteiger partial charge in [0.2, 0.25) is 17.6 Å². The Morgan fingerprint density at radius 2 is 1.88 bits per heavy atom. The number of hydrogen-bond acceptors (Lipinski definition) is 5. The largest absolute Gasteiger partial charge is 0.346 e. The van der Waals surface area contributed by atoms with Crippen molar-refractivity contribution in [3.8, 4) is 11.4 Å². The second-order valence-electron chi connectivity index (χ2n) is 5.27. The van der Waals surface area contributed by atoms with Crippen LogP contribution in [0, 0.1) is 0 Å². The zero-order valence-electron chi connectivity index (χ0n) is 13.3. The summed E-state index contributed by atoms with van der Waals surface area (Å²) in [5, 5.41) is 7.41. The molecule has 0 unspecified atom stereocenters. The number of carbonyl (C=O) groups excluding carboxylic acids is 1. The summed E-state index contributed by atoms with van der Waals surface area (Å²) >= 11 is 7.38. The minimum Gasteiger partial charge on any atom is -0.346 e. The van der Waals surface area contributed by atoms with E-state index in [1.165, 1.54) is 11.8 Å². The zero-order chi connectivity index (χ0) is 17.5. The van der Waals surface area contributed by atoms with E-state index in [9.17, 15) is 4.79 Å². The Kier molecular flexibility index (Phi) is 6.09. The Bertz CT molecular complexity index is 822. The first-order chi connectivity index (χ1) is 12.2. The third-order valence-corrected chi connectivity index (χ3v) is 4.61. The molecule has 3 aromatic rings. The van der Waals surface area contributed by atoms with Crippen molar-refractivity contribution in [2.45, 2.75) is 12.3 Å². The Morgan fingerprint density at radius 1 is 1.12 bits per heavy atom. The van der Waals surface area contributed by atoms with Crippen LogP contribution in [-0.2, 0) is 17.1 Å². The molecule has 1 aromatic heterocycles. The van der Waals surface area contributed by atoms with Gasteiger partial charge < -0.3 is 9.84 Å². The van der Waals surface area contributed by atoms with Crippen molar-refractivity contribution in [1.82, 2.24) is 15.5 Å². The van der Waals surface area contributed by atoms with Crippen molar-refractivity contribution in [2.24, 2.45) is 0 Å². The standard InChI is InChI=1S/C18H16ClN3O2S/c19-15-8-6-13(7-9-15)11-25-12-16(23)20-10-17-21-18(22-24-17)14-4-2-1-3-5-14/h1-9H,10-12H2,(H,20,23). The number of amides is 1. The van der Waals surface area contributed by atoms with E-state index in [0.29, 0.717) is 22.5 Å². The van der Waals surface area contributed by atoms with Gasteiger partial charge in [-0.15, -0.1) is 11.8 Å². The van der Waals surface area contributed by atoms with Crippen molar-refractivity contribution in [3.05, 3.63) is 71.1 Å². The molecule has 0 saturated carbocycles. The SMILES string of the molecule is O=C(CSCc1ccc(Cl)cc1)NCc1nc(-c2ccccc2)no1. The van der Waals surface area contributed by atoms with Crippen LogP contribution >= 0.6 is 23.4 Å². The van der Waals surface area contributed by atoms with Crippen LogP contribution in [0.3, 0.4) is 0 Å². The number of nitrogens with zero attached hydrogens (tertiary/aromatic N) is 2. The summed E-state index contributed by atoms with van der Waals surface area (Å²) in [4.78, 5) is 16.2. The summed E-state index contributed by atoms with van der Waals surface area (Å²) < 4.78 is 5.16. The molecule has 0 spiro atoms. The van der Waals surface area contributed by atoms with Crippen molar-refractivity contribution in [2.75, 3.05) is 5.75 Å². The summed E-state index contributed by atoms with van der Waals surface area (Å²) in [5.74, 6) is 1.95.